The average molecular weight is 383 g/mol. The van der Waals surface area contributed by atoms with Crippen molar-refractivity contribution >= 4 is 35.1 Å². The highest BCUT2D eigenvalue weighted by atomic mass is 32.2. The number of hydrogen-bond acceptors (Lipinski definition) is 5. The smallest absolute Gasteiger partial charge is 0.307 e. The number of hydrogen-bond donors (Lipinski definition) is 1. The van der Waals surface area contributed by atoms with Gasteiger partial charge in [0.25, 0.3) is 0 Å². The van der Waals surface area contributed by atoms with E-state index in [0.29, 0.717) is 11.3 Å². The molecule has 6 heteroatoms. The lowest BCUT2D eigenvalue weighted by Crippen LogP contribution is -2.14. The summed E-state index contributed by atoms with van der Waals surface area (Å²) < 4.78 is 5.10. The van der Waals surface area contributed by atoms with Crippen LogP contribution in [-0.2, 0) is 14.3 Å². The minimum Gasteiger partial charge on any atom is -0.457 e. The Morgan fingerprint density at radius 2 is 1.89 bits per heavy atom. The minimum atomic E-state index is -0.394. The van der Waals surface area contributed by atoms with Gasteiger partial charge in [-0.3, -0.25) is 14.4 Å². The summed E-state index contributed by atoms with van der Waals surface area (Å²) in [6.45, 7) is 3.53. The standard InChI is InChI=1S/C21H21NO4S/c1-13-3-6-16(7-4-13)27-10-9-20(24)26-12-19(23)15-5-8-18-17(11-15)14(2)21(25)22-18/h3-8,11,14H,9-10,12H2,1-2H3,(H,22,25)/t14-/m1/s1. The second-order valence-electron chi connectivity index (χ2n) is 6.51. The van der Waals surface area contributed by atoms with Crippen molar-refractivity contribution in [2.75, 3.05) is 17.7 Å². The van der Waals surface area contributed by atoms with Crippen molar-refractivity contribution < 1.29 is 19.1 Å². The second-order valence-corrected chi connectivity index (χ2v) is 7.68. The Hall–Kier alpha value is -2.60. The summed E-state index contributed by atoms with van der Waals surface area (Å²) in [4.78, 5) is 36.9. The fraction of sp³-hybridized carbons (Fsp3) is 0.286. The van der Waals surface area contributed by atoms with Crippen LogP contribution in [0.25, 0.3) is 0 Å². The first kappa shape index (κ1) is 19.2. The van der Waals surface area contributed by atoms with E-state index in [9.17, 15) is 14.4 Å². The van der Waals surface area contributed by atoms with E-state index in [2.05, 4.69) is 5.32 Å². The number of amides is 1. The molecule has 3 rings (SSSR count). The van der Waals surface area contributed by atoms with E-state index < -0.39 is 5.97 Å². The van der Waals surface area contributed by atoms with E-state index in [1.807, 2.05) is 31.2 Å². The molecular weight excluding hydrogens is 362 g/mol. The van der Waals surface area contributed by atoms with E-state index in [0.717, 1.165) is 16.1 Å². The Balaban J connectivity index is 1.45. The molecule has 27 heavy (non-hydrogen) atoms. The Morgan fingerprint density at radius 3 is 2.63 bits per heavy atom. The summed E-state index contributed by atoms with van der Waals surface area (Å²) in [5, 5.41) is 2.77. The summed E-state index contributed by atoms with van der Waals surface area (Å²) in [7, 11) is 0. The van der Waals surface area contributed by atoms with Crippen LogP contribution in [0.5, 0.6) is 0 Å². The van der Waals surface area contributed by atoms with E-state index >= 15 is 0 Å². The summed E-state index contributed by atoms with van der Waals surface area (Å²) >= 11 is 1.58. The van der Waals surface area contributed by atoms with Gasteiger partial charge in [-0.05, 0) is 49.7 Å². The number of benzene rings is 2. The van der Waals surface area contributed by atoms with Gasteiger partial charge in [-0.15, -0.1) is 11.8 Å². The molecule has 0 fully saturated rings. The number of ketones is 1. The van der Waals surface area contributed by atoms with Gasteiger partial charge in [0.15, 0.2) is 12.4 Å². The molecule has 2 aromatic rings. The van der Waals surface area contributed by atoms with Crippen molar-refractivity contribution in [1.29, 1.82) is 0 Å². The molecule has 0 spiro atoms. The molecule has 1 atom stereocenters. The Labute approximate surface area is 162 Å². The number of thioether (sulfide) groups is 1. The van der Waals surface area contributed by atoms with Gasteiger partial charge in [-0.2, -0.15) is 0 Å². The Morgan fingerprint density at radius 1 is 1.15 bits per heavy atom. The van der Waals surface area contributed by atoms with E-state index in [1.165, 1.54) is 5.56 Å². The number of rotatable bonds is 7. The van der Waals surface area contributed by atoms with E-state index in [1.54, 1.807) is 36.9 Å². The lowest BCUT2D eigenvalue weighted by molar-refractivity contribution is -0.142. The molecule has 140 valence electrons. The molecule has 1 aliphatic heterocycles. The van der Waals surface area contributed by atoms with Gasteiger partial charge < -0.3 is 10.1 Å². The quantitative estimate of drug-likeness (QED) is 0.445. The molecule has 0 unspecified atom stereocenters. The largest absolute Gasteiger partial charge is 0.457 e. The zero-order valence-electron chi connectivity index (χ0n) is 15.3. The Bertz CT molecular complexity index is 876. The van der Waals surface area contributed by atoms with Crippen LogP contribution in [0, 0.1) is 6.92 Å². The zero-order valence-corrected chi connectivity index (χ0v) is 16.1. The molecule has 0 bridgehead atoms. The van der Waals surface area contributed by atoms with Crippen LogP contribution in [0.15, 0.2) is 47.4 Å². The third-order valence-corrected chi connectivity index (χ3v) is 5.47. The van der Waals surface area contributed by atoms with Crippen molar-refractivity contribution in [2.24, 2.45) is 0 Å². The molecule has 0 radical (unpaired) electrons. The highest BCUT2D eigenvalue weighted by Gasteiger charge is 2.27. The zero-order chi connectivity index (χ0) is 19.4. The van der Waals surface area contributed by atoms with Gasteiger partial charge >= 0.3 is 5.97 Å². The van der Waals surface area contributed by atoms with Gasteiger partial charge in [0, 0.05) is 21.9 Å². The molecule has 1 amide bonds. The first-order chi connectivity index (χ1) is 12.9. The SMILES string of the molecule is Cc1ccc(SCCC(=O)OCC(=O)c2ccc3c(c2)[C@@H](C)C(=O)N3)cc1. The van der Waals surface area contributed by atoms with Gasteiger partial charge in [0.05, 0.1) is 12.3 Å². The average Bonchev–Trinajstić information content (AvgIpc) is 2.95. The molecule has 0 aliphatic carbocycles. The van der Waals surface area contributed by atoms with Crippen LogP contribution in [0.1, 0.15) is 40.7 Å². The summed E-state index contributed by atoms with van der Waals surface area (Å²) in [6, 6.07) is 13.1. The van der Waals surface area contributed by atoms with Crippen molar-refractivity contribution in [3.8, 4) is 0 Å². The molecule has 0 saturated heterocycles. The van der Waals surface area contributed by atoms with Crippen molar-refractivity contribution in [1.82, 2.24) is 0 Å². The Kier molecular flexibility index (Phi) is 5.96. The number of carbonyl (C=O) groups is 3. The van der Waals surface area contributed by atoms with Crippen LogP contribution in [0.2, 0.25) is 0 Å². The van der Waals surface area contributed by atoms with Crippen LogP contribution in [0.3, 0.4) is 0 Å². The van der Waals surface area contributed by atoms with Crippen LogP contribution >= 0.6 is 11.8 Å². The van der Waals surface area contributed by atoms with Crippen molar-refractivity contribution in [2.45, 2.75) is 31.1 Å². The molecule has 1 heterocycles. The minimum absolute atomic E-state index is 0.0768. The summed E-state index contributed by atoms with van der Waals surface area (Å²) in [6.07, 6.45) is 0.242. The van der Waals surface area contributed by atoms with E-state index in [-0.39, 0.29) is 30.6 Å². The molecular formula is C21H21NO4S. The van der Waals surface area contributed by atoms with Crippen LogP contribution in [0.4, 0.5) is 5.69 Å². The maximum Gasteiger partial charge on any atom is 0.307 e. The monoisotopic (exact) mass is 383 g/mol. The normalized spacial score (nSPS) is 15.2. The number of aryl methyl sites for hydroxylation is 1. The van der Waals surface area contributed by atoms with Crippen molar-refractivity contribution in [3.63, 3.8) is 0 Å². The summed E-state index contributed by atoms with van der Waals surface area (Å²) in [5.74, 6) is -0.431. The first-order valence-corrected chi connectivity index (χ1v) is 9.75. The number of Topliss-reactive ketones (excluding diaryl/α,β-unsaturated/α-hetero) is 1. The third kappa shape index (κ3) is 4.77. The molecule has 0 aromatic heterocycles. The number of fused-ring (bicyclic) bond motifs is 1. The maximum absolute atomic E-state index is 12.3. The second kappa shape index (κ2) is 8.39. The highest BCUT2D eigenvalue weighted by Crippen LogP contribution is 2.32. The van der Waals surface area contributed by atoms with Gasteiger partial charge in [-0.1, -0.05) is 17.7 Å². The third-order valence-electron chi connectivity index (χ3n) is 4.45. The predicted octanol–water partition coefficient (Wildman–Crippen LogP) is 3.96. The fourth-order valence-electron chi connectivity index (χ4n) is 2.78. The number of nitrogens with one attached hydrogen (secondary N) is 1. The number of esters is 1. The number of ether oxygens (including phenoxy) is 1. The van der Waals surface area contributed by atoms with Crippen LogP contribution < -0.4 is 5.32 Å². The van der Waals surface area contributed by atoms with Crippen LogP contribution in [-0.4, -0.2) is 30.0 Å². The molecule has 1 aliphatic rings. The van der Waals surface area contributed by atoms with Gasteiger partial charge in [0.1, 0.15) is 0 Å². The molecule has 2 aromatic carbocycles. The lowest BCUT2D eigenvalue weighted by Gasteiger charge is -2.07. The molecule has 5 nitrogen and oxygen atoms in total. The molecule has 1 N–H and O–H groups in total. The lowest BCUT2D eigenvalue weighted by atomic mass is 9.99. The highest BCUT2D eigenvalue weighted by molar-refractivity contribution is 7.99. The number of anilines is 1. The van der Waals surface area contributed by atoms with Crippen molar-refractivity contribution in [3.05, 3.63) is 59.2 Å². The van der Waals surface area contributed by atoms with Gasteiger partial charge in [-0.25, -0.2) is 0 Å². The fourth-order valence-corrected chi connectivity index (χ4v) is 3.61. The maximum atomic E-state index is 12.3. The number of carbonyl (C=O) groups excluding carboxylic acids is 3. The topological polar surface area (TPSA) is 72.5 Å². The van der Waals surface area contributed by atoms with E-state index in [4.69, 9.17) is 4.74 Å². The first-order valence-electron chi connectivity index (χ1n) is 8.77. The van der Waals surface area contributed by atoms with Gasteiger partial charge in [0.2, 0.25) is 5.91 Å². The molecule has 0 saturated carbocycles. The summed E-state index contributed by atoms with van der Waals surface area (Å²) in [5.41, 5.74) is 3.16. The predicted molar refractivity (Wildman–Crippen MR) is 105 cm³/mol.